The molecule has 0 saturated heterocycles. The second-order valence-electron chi connectivity index (χ2n) is 7.77. The number of carbonyl (C=O) groups excluding carboxylic acids is 1. The van der Waals surface area contributed by atoms with Gasteiger partial charge >= 0.3 is 0 Å². The van der Waals surface area contributed by atoms with Crippen molar-refractivity contribution < 1.29 is 19.0 Å². The molecule has 1 aliphatic carbocycles. The summed E-state index contributed by atoms with van der Waals surface area (Å²) >= 11 is 0. The summed E-state index contributed by atoms with van der Waals surface area (Å²) in [5, 5.41) is 9.45. The average Bonchev–Trinajstić information content (AvgIpc) is 3.58. The van der Waals surface area contributed by atoms with E-state index < -0.39 is 0 Å². The Labute approximate surface area is 183 Å². The molecular formula is C24H31N3O4. The Kier molecular flexibility index (Phi) is 8.29. The summed E-state index contributed by atoms with van der Waals surface area (Å²) in [7, 11) is 1.67. The molecule has 0 heterocycles. The highest BCUT2D eigenvalue weighted by atomic mass is 16.5. The number of nitrogens with one attached hydrogen (secondary N) is 2. The second kappa shape index (κ2) is 11.4. The van der Waals surface area contributed by atoms with Gasteiger partial charge in [0.2, 0.25) is 5.91 Å². The summed E-state index contributed by atoms with van der Waals surface area (Å²) in [5.74, 6) is 1.75. The van der Waals surface area contributed by atoms with Crippen LogP contribution in [0.4, 0.5) is 0 Å². The highest BCUT2D eigenvalue weighted by Gasteiger charge is 2.21. The Balaban J connectivity index is 1.70. The number of ether oxygens (including phenoxy) is 3. The van der Waals surface area contributed by atoms with Crippen molar-refractivity contribution in [3.63, 3.8) is 0 Å². The van der Waals surface area contributed by atoms with Crippen LogP contribution in [0.5, 0.6) is 11.5 Å². The van der Waals surface area contributed by atoms with Gasteiger partial charge in [-0.2, -0.15) is 0 Å². The van der Waals surface area contributed by atoms with Crippen LogP contribution in [-0.4, -0.2) is 38.8 Å². The summed E-state index contributed by atoms with van der Waals surface area (Å²) in [6.07, 6.45) is 4.10. The van der Waals surface area contributed by atoms with Crippen molar-refractivity contribution in [2.75, 3.05) is 26.9 Å². The molecule has 0 bridgehead atoms. The van der Waals surface area contributed by atoms with Gasteiger partial charge in [-0.1, -0.05) is 24.3 Å². The predicted molar refractivity (Wildman–Crippen MR) is 120 cm³/mol. The van der Waals surface area contributed by atoms with Crippen molar-refractivity contribution in [2.24, 2.45) is 11.7 Å². The first-order valence-electron chi connectivity index (χ1n) is 10.7. The lowest BCUT2D eigenvalue weighted by Crippen LogP contribution is -2.35. The van der Waals surface area contributed by atoms with E-state index in [2.05, 4.69) is 5.32 Å². The summed E-state index contributed by atoms with van der Waals surface area (Å²) in [6.45, 7) is 1.96. The Morgan fingerprint density at radius 3 is 2.58 bits per heavy atom. The quantitative estimate of drug-likeness (QED) is 0.274. The number of methoxy groups -OCH3 is 1. The van der Waals surface area contributed by atoms with E-state index >= 15 is 0 Å². The van der Waals surface area contributed by atoms with Crippen molar-refractivity contribution in [1.29, 1.82) is 5.41 Å². The number of nitrogens with two attached hydrogens (primary N) is 1. The van der Waals surface area contributed by atoms with Crippen molar-refractivity contribution in [3.05, 3.63) is 48.0 Å². The second-order valence-corrected chi connectivity index (χ2v) is 7.77. The Morgan fingerprint density at radius 1 is 1.13 bits per heavy atom. The normalized spacial score (nSPS) is 12.9. The summed E-state index contributed by atoms with van der Waals surface area (Å²) < 4.78 is 17.0. The first-order chi connectivity index (χ1) is 15.0. The van der Waals surface area contributed by atoms with Gasteiger partial charge < -0.3 is 19.9 Å². The SMILES string of the molecule is COCCCOc1cc(CCC(=O)NC(=N)N)ccc1-c1ccc(OCC2CC2)cc1. The molecule has 31 heavy (non-hydrogen) atoms. The average molecular weight is 426 g/mol. The molecular weight excluding hydrogens is 394 g/mol. The zero-order valence-electron chi connectivity index (χ0n) is 18.0. The first-order valence-corrected chi connectivity index (χ1v) is 10.7. The molecule has 2 aromatic rings. The third-order valence-corrected chi connectivity index (χ3v) is 5.06. The lowest BCUT2D eigenvalue weighted by molar-refractivity contribution is -0.119. The van der Waals surface area contributed by atoms with E-state index in [4.69, 9.17) is 25.4 Å². The number of carbonyl (C=O) groups is 1. The van der Waals surface area contributed by atoms with Crippen molar-refractivity contribution in [2.45, 2.75) is 32.1 Å². The minimum atomic E-state index is -0.341. The Hall–Kier alpha value is -3.06. The zero-order chi connectivity index (χ0) is 22.1. The molecule has 0 radical (unpaired) electrons. The maximum atomic E-state index is 11.8. The molecule has 1 amide bonds. The summed E-state index contributed by atoms with van der Waals surface area (Å²) in [6, 6.07) is 14.1. The fraction of sp³-hybridized carbons (Fsp3) is 0.417. The Bertz CT molecular complexity index is 879. The van der Waals surface area contributed by atoms with E-state index in [-0.39, 0.29) is 18.3 Å². The molecule has 4 N–H and O–H groups in total. The summed E-state index contributed by atoms with van der Waals surface area (Å²) in [4.78, 5) is 11.8. The maximum absolute atomic E-state index is 11.8. The van der Waals surface area contributed by atoms with Gasteiger partial charge in [-0.15, -0.1) is 0 Å². The first kappa shape index (κ1) is 22.6. The molecule has 1 aliphatic rings. The van der Waals surface area contributed by atoms with Crippen LogP contribution in [-0.2, 0) is 16.0 Å². The molecule has 0 aromatic heterocycles. The molecule has 1 saturated carbocycles. The maximum Gasteiger partial charge on any atom is 0.226 e. The number of amides is 1. The van der Waals surface area contributed by atoms with Gasteiger partial charge in [-0.25, -0.2) is 0 Å². The fourth-order valence-corrected chi connectivity index (χ4v) is 3.17. The minimum Gasteiger partial charge on any atom is -0.493 e. The van der Waals surface area contributed by atoms with Crippen molar-refractivity contribution in [1.82, 2.24) is 5.32 Å². The van der Waals surface area contributed by atoms with Crippen LogP contribution in [0.1, 0.15) is 31.2 Å². The number of rotatable bonds is 12. The molecule has 7 heteroatoms. The number of hydrogen-bond acceptors (Lipinski definition) is 5. The van der Waals surface area contributed by atoms with Crippen LogP contribution in [0.15, 0.2) is 42.5 Å². The zero-order valence-corrected chi connectivity index (χ0v) is 18.0. The van der Waals surface area contributed by atoms with Gasteiger partial charge in [-0.3, -0.25) is 15.5 Å². The van der Waals surface area contributed by atoms with Crippen molar-refractivity contribution in [3.8, 4) is 22.6 Å². The molecule has 0 spiro atoms. The number of aryl methyl sites for hydroxylation is 1. The smallest absolute Gasteiger partial charge is 0.226 e. The third kappa shape index (κ3) is 7.61. The van der Waals surface area contributed by atoms with Gasteiger partial charge in [0.1, 0.15) is 11.5 Å². The van der Waals surface area contributed by atoms with Crippen LogP contribution in [0.2, 0.25) is 0 Å². The van der Waals surface area contributed by atoms with Crippen LogP contribution in [0.3, 0.4) is 0 Å². The van der Waals surface area contributed by atoms with E-state index in [1.165, 1.54) is 12.8 Å². The van der Waals surface area contributed by atoms with Crippen LogP contribution in [0.25, 0.3) is 11.1 Å². The fourth-order valence-electron chi connectivity index (χ4n) is 3.17. The number of guanidine groups is 1. The highest BCUT2D eigenvalue weighted by molar-refractivity contribution is 5.94. The van der Waals surface area contributed by atoms with Crippen molar-refractivity contribution >= 4 is 11.9 Å². The topological polar surface area (TPSA) is 107 Å². The monoisotopic (exact) mass is 425 g/mol. The van der Waals surface area contributed by atoms with E-state index in [1.807, 2.05) is 42.5 Å². The van der Waals surface area contributed by atoms with Gasteiger partial charge in [0, 0.05) is 32.1 Å². The standard InChI is InChI=1S/C24H31N3O4/c1-29-13-2-14-30-22-15-17(6-12-23(28)27-24(25)26)5-11-21(22)19-7-9-20(10-8-19)31-16-18-3-4-18/h5,7-11,15,18H,2-4,6,12-14,16H2,1H3,(H4,25,26,27,28). The van der Waals surface area contributed by atoms with Gasteiger partial charge in [-0.05, 0) is 54.5 Å². The summed E-state index contributed by atoms with van der Waals surface area (Å²) in [5.41, 5.74) is 8.22. The molecule has 166 valence electrons. The largest absolute Gasteiger partial charge is 0.493 e. The van der Waals surface area contributed by atoms with Crippen LogP contribution >= 0.6 is 0 Å². The number of hydrogen-bond donors (Lipinski definition) is 3. The van der Waals surface area contributed by atoms with E-state index in [1.54, 1.807) is 7.11 Å². The van der Waals surface area contributed by atoms with E-state index in [9.17, 15) is 4.79 Å². The third-order valence-electron chi connectivity index (χ3n) is 5.06. The molecule has 0 atom stereocenters. The molecule has 1 fully saturated rings. The molecule has 0 aliphatic heterocycles. The van der Waals surface area contributed by atoms with Gasteiger partial charge in [0.15, 0.2) is 5.96 Å². The van der Waals surface area contributed by atoms with Crippen LogP contribution in [0, 0.1) is 11.3 Å². The molecule has 3 rings (SSSR count). The Morgan fingerprint density at radius 2 is 1.90 bits per heavy atom. The van der Waals surface area contributed by atoms with E-state index in [0.717, 1.165) is 47.1 Å². The van der Waals surface area contributed by atoms with Crippen LogP contribution < -0.4 is 20.5 Å². The molecule has 0 unspecified atom stereocenters. The lowest BCUT2D eigenvalue weighted by Gasteiger charge is -2.14. The van der Waals surface area contributed by atoms with Gasteiger partial charge in [0.25, 0.3) is 0 Å². The highest BCUT2D eigenvalue weighted by Crippen LogP contribution is 2.34. The minimum absolute atomic E-state index is 0.245. The molecule has 2 aromatic carbocycles. The predicted octanol–water partition coefficient (Wildman–Crippen LogP) is 3.50. The van der Waals surface area contributed by atoms with Gasteiger partial charge in [0.05, 0.1) is 13.2 Å². The lowest BCUT2D eigenvalue weighted by atomic mass is 10.0. The number of benzene rings is 2. The molecule has 7 nitrogen and oxygen atoms in total. The van der Waals surface area contributed by atoms with E-state index in [0.29, 0.717) is 19.6 Å².